The Balaban J connectivity index is 0.000000280. The number of hydrogen-bond donors (Lipinski definition) is 0. The minimum absolute atomic E-state index is 1.22. The van der Waals surface area contributed by atoms with Crippen molar-refractivity contribution >= 4 is 27.9 Å². The summed E-state index contributed by atoms with van der Waals surface area (Å²) in [4.78, 5) is 0. The molecule has 0 saturated carbocycles. The molecule has 0 unspecified atom stereocenters. The third kappa shape index (κ3) is 4.31. The Morgan fingerprint density at radius 2 is 1.81 bits per heavy atom. The number of aryl methyl sites for hydroxylation is 2. The average Bonchev–Trinajstić information content (AvgIpc) is 2.52. The molecule has 0 nitrogen and oxygen atoms in total. The summed E-state index contributed by atoms with van der Waals surface area (Å²) >= 11 is -1.92. The van der Waals surface area contributed by atoms with Crippen molar-refractivity contribution in [3.8, 4) is 0 Å². The van der Waals surface area contributed by atoms with Crippen LogP contribution in [0, 0.1) is 6.92 Å². The van der Waals surface area contributed by atoms with Crippen LogP contribution in [0.3, 0.4) is 0 Å². The molecule has 4 heteroatoms. The van der Waals surface area contributed by atoms with Gasteiger partial charge in [-0.25, -0.2) is 6.07 Å². The van der Waals surface area contributed by atoms with Crippen LogP contribution >= 0.6 is 27.9 Å². The summed E-state index contributed by atoms with van der Waals surface area (Å²) < 4.78 is 0. The van der Waals surface area contributed by atoms with E-state index in [1.54, 1.807) is 16.7 Å². The topological polar surface area (TPSA) is 0 Å². The van der Waals surface area contributed by atoms with Gasteiger partial charge in [0.15, 0.2) is 0 Å². The van der Waals surface area contributed by atoms with Gasteiger partial charge in [0.1, 0.15) is 0 Å². The molecule has 1 aliphatic rings. The third-order valence-corrected chi connectivity index (χ3v) is 3.10. The fourth-order valence-electron chi connectivity index (χ4n) is 2.51. The molecule has 1 aromatic rings. The summed E-state index contributed by atoms with van der Waals surface area (Å²) in [5, 5.41) is 0. The molecule has 0 atom stereocenters. The van der Waals surface area contributed by atoms with Gasteiger partial charge in [0.2, 0.25) is 0 Å². The van der Waals surface area contributed by atoms with E-state index < -0.39 is 14.7 Å². The van der Waals surface area contributed by atoms with Gasteiger partial charge in [-0.2, -0.15) is 22.3 Å². The zero-order valence-electron chi connectivity index (χ0n) is 9.75. The molecule has 0 amide bonds. The van der Waals surface area contributed by atoms with E-state index in [4.69, 9.17) is 27.9 Å². The molecular formula is C12H17Cl3Ti. The van der Waals surface area contributed by atoms with E-state index in [0.717, 1.165) is 0 Å². The van der Waals surface area contributed by atoms with Gasteiger partial charge < -0.3 is 0 Å². The Bertz CT molecular complexity index is 328. The van der Waals surface area contributed by atoms with Gasteiger partial charge in [0, 0.05) is 0 Å². The Hall–Kier alpha value is 0.934. The first-order valence-electron chi connectivity index (χ1n) is 5.66. The van der Waals surface area contributed by atoms with E-state index in [-0.39, 0.29) is 0 Å². The van der Waals surface area contributed by atoms with Crippen molar-refractivity contribution in [1.82, 2.24) is 0 Å². The summed E-state index contributed by atoms with van der Waals surface area (Å²) in [6.07, 6.45) is 6.70. The normalized spacial score (nSPS) is 13.8. The molecule has 0 saturated heterocycles. The molecule has 1 aliphatic carbocycles. The quantitative estimate of drug-likeness (QED) is 0.492. The number of rotatable bonds is 1. The van der Waals surface area contributed by atoms with Crippen LogP contribution in [0.5, 0.6) is 0 Å². The van der Waals surface area contributed by atoms with Gasteiger partial charge in [0.05, 0.1) is 0 Å². The van der Waals surface area contributed by atoms with Crippen LogP contribution in [0.2, 0.25) is 0 Å². The monoisotopic (exact) mass is 314 g/mol. The van der Waals surface area contributed by atoms with Crippen molar-refractivity contribution in [2.24, 2.45) is 0 Å². The van der Waals surface area contributed by atoms with Crippen molar-refractivity contribution in [3.05, 3.63) is 28.3 Å². The van der Waals surface area contributed by atoms with Crippen LogP contribution in [0.15, 0.2) is 6.07 Å². The van der Waals surface area contributed by atoms with Gasteiger partial charge in [-0.1, -0.05) is 46.0 Å². The van der Waals surface area contributed by atoms with Crippen LogP contribution in [0.4, 0.5) is 0 Å². The standard InChI is InChI=1S/C12H17.3ClH.Ti/c1-3-11-9(2)8-10-6-4-5-7-12(10)11;;;;/h8H,3-7H2,1-2H3;3*1H;/q-1;;;;+4/p-3. The molecule has 0 radical (unpaired) electrons. The van der Waals surface area contributed by atoms with Crippen molar-refractivity contribution < 1.29 is 14.7 Å². The minimum atomic E-state index is -1.92. The Morgan fingerprint density at radius 3 is 2.38 bits per heavy atom. The molecule has 0 heterocycles. The molecule has 16 heavy (non-hydrogen) atoms. The van der Waals surface area contributed by atoms with Crippen LogP contribution in [0.25, 0.3) is 0 Å². The van der Waals surface area contributed by atoms with Crippen molar-refractivity contribution in [3.63, 3.8) is 0 Å². The van der Waals surface area contributed by atoms with Crippen LogP contribution < -0.4 is 0 Å². The Morgan fingerprint density at radius 1 is 1.25 bits per heavy atom. The fourth-order valence-corrected chi connectivity index (χ4v) is 2.51. The predicted octanol–water partition coefficient (Wildman–Crippen LogP) is 5.22. The van der Waals surface area contributed by atoms with E-state index in [1.807, 2.05) is 0 Å². The van der Waals surface area contributed by atoms with E-state index in [2.05, 4.69) is 19.9 Å². The molecule has 0 fully saturated rings. The number of hydrogen-bond acceptors (Lipinski definition) is 0. The number of halogens is 3. The summed E-state index contributed by atoms with van der Waals surface area (Å²) in [5.74, 6) is 0. The summed E-state index contributed by atoms with van der Waals surface area (Å²) in [7, 11) is 14.9. The molecular weight excluding hydrogens is 298 g/mol. The zero-order valence-corrected chi connectivity index (χ0v) is 13.6. The molecule has 0 aliphatic heterocycles. The van der Waals surface area contributed by atoms with E-state index in [9.17, 15) is 0 Å². The molecule has 90 valence electrons. The summed E-state index contributed by atoms with van der Waals surface area (Å²) in [6, 6.07) is 2.41. The molecule has 1 aromatic carbocycles. The average molecular weight is 315 g/mol. The van der Waals surface area contributed by atoms with Crippen molar-refractivity contribution in [2.45, 2.75) is 46.0 Å². The second kappa shape index (κ2) is 7.39. The first-order valence-corrected chi connectivity index (χ1v) is 12.1. The van der Waals surface area contributed by atoms with Crippen LogP contribution in [-0.4, -0.2) is 0 Å². The maximum atomic E-state index is 4.97. The summed E-state index contributed by atoms with van der Waals surface area (Å²) in [6.45, 7) is 4.54. The van der Waals surface area contributed by atoms with Gasteiger partial charge in [-0.05, 0) is 0 Å². The zero-order chi connectivity index (χ0) is 12.1. The van der Waals surface area contributed by atoms with Crippen LogP contribution in [0.1, 0.15) is 42.0 Å². The molecule has 0 N–H and O–H groups in total. The predicted molar refractivity (Wildman–Crippen MR) is 70.4 cm³/mol. The van der Waals surface area contributed by atoms with E-state index >= 15 is 0 Å². The first kappa shape index (κ1) is 15.0. The van der Waals surface area contributed by atoms with E-state index in [0.29, 0.717) is 0 Å². The molecule has 0 spiro atoms. The first-order chi connectivity index (χ1) is 7.56. The Kier molecular flexibility index (Phi) is 6.92. The SMILES string of the molecule is CC[c-]1c(C)cc2c1CCCC2.[Cl][Ti+]([Cl])[Cl]. The molecule has 2 rings (SSSR count). The fraction of sp³-hybridized carbons (Fsp3) is 0.583. The van der Waals surface area contributed by atoms with Crippen molar-refractivity contribution in [2.75, 3.05) is 0 Å². The van der Waals surface area contributed by atoms with Gasteiger partial charge in [-0.3, -0.25) is 0 Å². The molecule has 0 aromatic heterocycles. The van der Waals surface area contributed by atoms with Gasteiger partial charge in [-0.15, -0.1) is 0 Å². The molecule has 0 bridgehead atoms. The third-order valence-electron chi connectivity index (χ3n) is 3.10. The second-order valence-electron chi connectivity index (χ2n) is 4.08. The maximum absolute atomic E-state index is 4.97. The van der Waals surface area contributed by atoms with Gasteiger partial charge in [0.25, 0.3) is 0 Å². The van der Waals surface area contributed by atoms with E-state index in [1.165, 1.54) is 37.7 Å². The number of fused-ring (bicyclic) bond motifs is 1. The van der Waals surface area contributed by atoms with Crippen LogP contribution in [-0.2, 0) is 34.0 Å². The van der Waals surface area contributed by atoms with Crippen molar-refractivity contribution in [1.29, 1.82) is 0 Å². The summed E-state index contributed by atoms with van der Waals surface area (Å²) in [5.41, 5.74) is 6.52. The Labute approximate surface area is 116 Å². The second-order valence-corrected chi connectivity index (χ2v) is 11.8. The van der Waals surface area contributed by atoms with Gasteiger partial charge >= 0.3 is 42.6 Å².